The molecule has 2 aliphatic heterocycles. The van der Waals surface area contributed by atoms with Gasteiger partial charge in [0.25, 0.3) is 0 Å². The molecule has 1 heteroatoms. The van der Waals surface area contributed by atoms with Crippen molar-refractivity contribution >= 4 is 0 Å². The Kier molecular flexibility index (Phi) is 1.48. The second-order valence-electron chi connectivity index (χ2n) is 4.20. The largest absolute Gasteiger partial charge is 0.300 e. The first-order valence-corrected chi connectivity index (χ1v) is 4.51. The molecule has 2 fully saturated rings. The monoisotopic (exact) mass is 139 g/mol. The minimum atomic E-state index is 0.880. The maximum absolute atomic E-state index is 2.68. The first-order valence-electron chi connectivity index (χ1n) is 4.51. The molecule has 0 aromatic heterocycles. The summed E-state index contributed by atoms with van der Waals surface area (Å²) >= 11 is 0. The van der Waals surface area contributed by atoms with Crippen LogP contribution in [0, 0.1) is 11.8 Å². The van der Waals surface area contributed by atoms with E-state index in [1.54, 1.807) is 0 Å². The molecule has 0 aromatic rings. The zero-order chi connectivity index (χ0) is 7.14. The van der Waals surface area contributed by atoms with Crippen molar-refractivity contribution in [2.75, 3.05) is 13.1 Å². The van der Waals surface area contributed by atoms with Crippen molar-refractivity contribution in [2.45, 2.75) is 32.7 Å². The average molecular weight is 139 g/mol. The smallest absolute Gasteiger partial charge is 0.0121 e. The van der Waals surface area contributed by atoms with Crippen LogP contribution in [0.5, 0.6) is 0 Å². The van der Waals surface area contributed by atoms with E-state index in [1.807, 2.05) is 0 Å². The number of nitrogens with zero attached hydrogens (tertiary/aromatic N) is 1. The molecular formula is C9H17N. The highest BCUT2D eigenvalue weighted by Crippen LogP contribution is 2.35. The SMILES string of the molecule is CC(C)C1CC2CCN1C2. The molecule has 3 unspecified atom stereocenters. The topological polar surface area (TPSA) is 3.24 Å². The van der Waals surface area contributed by atoms with Gasteiger partial charge in [0.1, 0.15) is 0 Å². The molecule has 0 radical (unpaired) electrons. The highest BCUT2D eigenvalue weighted by atomic mass is 15.2. The van der Waals surface area contributed by atoms with Gasteiger partial charge in [-0.2, -0.15) is 0 Å². The summed E-state index contributed by atoms with van der Waals surface area (Å²) in [4.78, 5) is 2.68. The highest BCUT2D eigenvalue weighted by Gasteiger charge is 2.38. The van der Waals surface area contributed by atoms with Crippen molar-refractivity contribution in [1.29, 1.82) is 0 Å². The van der Waals surface area contributed by atoms with Crippen LogP contribution < -0.4 is 0 Å². The van der Waals surface area contributed by atoms with Crippen LogP contribution >= 0.6 is 0 Å². The van der Waals surface area contributed by atoms with Crippen LogP contribution in [0.2, 0.25) is 0 Å². The number of fused-ring (bicyclic) bond motifs is 2. The van der Waals surface area contributed by atoms with E-state index in [2.05, 4.69) is 18.7 Å². The summed E-state index contributed by atoms with van der Waals surface area (Å²) in [5, 5.41) is 0. The third-order valence-electron chi connectivity index (χ3n) is 3.13. The van der Waals surface area contributed by atoms with Gasteiger partial charge >= 0.3 is 0 Å². The molecule has 2 saturated heterocycles. The Morgan fingerprint density at radius 2 is 2.20 bits per heavy atom. The zero-order valence-electron chi connectivity index (χ0n) is 7.01. The molecule has 58 valence electrons. The van der Waals surface area contributed by atoms with E-state index in [9.17, 15) is 0 Å². The molecule has 0 saturated carbocycles. The molecule has 3 atom stereocenters. The highest BCUT2D eigenvalue weighted by molar-refractivity contribution is 4.92. The first-order chi connectivity index (χ1) is 4.77. The Labute approximate surface area is 63.4 Å². The fourth-order valence-corrected chi connectivity index (χ4v) is 2.54. The van der Waals surface area contributed by atoms with Crippen LogP contribution in [0.25, 0.3) is 0 Å². The van der Waals surface area contributed by atoms with E-state index in [0.717, 1.165) is 17.9 Å². The lowest BCUT2D eigenvalue weighted by Crippen LogP contribution is -2.33. The summed E-state index contributed by atoms with van der Waals surface area (Å²) in [6.07, 6.45) is 2.96. The molecule has 2 aliphatic rings. The molecular weight excluding hydrogens is 122 g/mol. The third-order valence-corrected chi connectivity index (χ3v) is 3.13. The van der Waals surface area contributed by atoms with Gasteiger partial charge in [0, 0.05) is 12.6 Å². The zero-order valence-corrected chi connectivity index (χ0v) is 7.01. The summed E-state index contributed by atoms with van der Waals surface area (Å²) in [6, 6.07) is 0.929. The quantitative estimate of drug-likeness (QED) is 0.535. The predicted octanol–water partition coefficient (Wildman–Crippen LogP) is 1.74. The van der Waals surface area contributed by atoms with Gasteiger partial charge in [-0.15, -0.1) is 0 Å². The summed E-state index contributed by atoms with van der Waals surface area (Å²) in [5.41, 5.74) is 0. The second kappa shape index (κ2) is 2.23. The van der Waals surface area contributed by atoms with Gasteiger partial charge in [-0.05, 0) is 31.2 Å². The van der Waals surface area contributed by atoms with Crippen LogP contribution in [0.15, 0.2) is 0 Å². The molecule has 0 spiro atoms. The fraction of sp³-hybridized carbons (Fsp3) is 1.00. The lowest BCUT2D eigenvalue weighted by atomic mass is 9.93. The standard InChI is InChI=1S/C9H17N/c1-7(2)9-5-8-3-4-10(9)6-8/h7-9H,3-6H2,1-2H3. The normalized spacial score (nSPS) is 45.3. The Morgan fingerprint density at radius 1 is 1.40 bits per heavy atom. The maximum Gasteiger partial charge on any atom is 0.0121 e. The number of hydrogen-bond donors (Lipinski definition) is 0. The molecule has 0 N–H and O–H groups in total. The second-order valence-corrected chi connectivity index (χ2v) is 4.20. The minimum absolute atomic E-state index is 0.880. The van der Waals surface area contributed by atoms with Gasteiger partial charge in [0.15, 0.2) is 0 Å². The fourth-order valence-electron chi connectivity index (χ4n) is 2.54. The van der Waals surface area contributed by atoms with Crippen LogP contribution in [-0.4, -0.2) is 24.0 Å². The Bertz CT molecular complexity index is 131. The molecule has 0 amide bonds. The summed E-state index contributed by atoms with van der Waals surface area (Å²) in [6.45, 7) is 7.49. The third kappa shape index (κ3) is 0.878. The predicted molar refractivity (Wildman–Crippen MR) is 42.9 cm³/mol. The van der Waals surface area contributed by atoms with Crippen molar-refractivity contribution < 1.29 is 0 Å². The van der Waals surface area contributed by atoms with E-state index in [4.69, 9.17) is 0 Å². The van der Waals surface area contributed by atoms with Gasteiger partial charge in [0.05, 0.1) is 0 Å². The van der Waals surface area contributed by atoms with Crippen molar-refractivity contribution in [2.24, 2.45) is 11.8 Å². The van der Waals surface area contributed by atoms with Crippen LogP contribution in [0.3, 0.4) is 0 Å². The average Bonchev–Trinajstić information content (AvgIpc) is 2.44. The van der Waals surface area contributed by atoms with Crippen LogP contribution in [-0.2, 0) is 0 Å². The summed E-state index contributed by atoms with van der Waals surface area (Å²) in [7, 11) is 0. The first kappa shape index (κ1) is 6.66. The van der Waals surface area contributed by atoms with E-state index < -0.39 is 0 Å². The lowest BCUT2D eigenvalue weighted by Gasteiger charge is -2.27. The molecule has 2 bridgehead atoms. The van der Waals surface area contributed by atoms with Crippen LogP contribution in [0.4, 0.5) is 0 Å². The minimum Gasteiger partial charge on any atom is -0.300 e. The van der Waals surface area contributed by atoms with Gasteiger partial charge in [-0.25, -0.2) is 0 Å². The van der Waals surface area contributed by atoms with Gasteiger partial charge in [-0.1, -0.05) is 13.8 Å². The van der Waals surface area contributed by atoms with Gasteiger partial charge < -0.3 is 0 Å². The molecule has 2 heterocycles. The van der Waals surface area contributed by atoms with Gasteiger partial charge in [0.2, 0.25) is 0 Å². The van der Waals surface area contributed by atoms with Crippen molar-refractivity contribution in [3.8, 4) is 0 Å². The van der Waals surface area contributed by atoms with Crippen molar-refractivity contribution in [3.63, 3.8) is 0 Å². The Morgan fingerprint density at radius 3 is 2.50 bits per heavy atom. The van der Waals surface area contributed by atoms with Crippen LogP contribution in [0.1, 0.15) is 26.7 Å². The van der Waals surface area contributed by atoms with E-state index in [1.165, 1.54) is 25.9 Å². The molecule has 10 heavy (non-hydrogen) atoms. The Hall–Kier alpha value is -0.0400. The van der Waals surface area contributed by atoms with E-state index in [-0.39, 0.29) is 0 Å². The Balaban J connectivity index is 2.02. The number of rotatable bonds is 1. The van der Waals surface area contributed by atoms with Crippen molar-refractivity contribution in [3.05, 3.63) is 0 Å². The molecule has 0 aliphatic carbocycles. The molecule has 1 nitrogen and oxygen atoms in total. The van der Waals surface area contributed by atoms with E-state index in [0.29, 0.717) is 0 Å². The molecule has 0 aromatic carbocycles. The molecule has 2 rings (SSSR count). The van der Waals surface area contributed by atoms with E-state index >= 15 is 0 Å². The summed E-state index contributed by atoms with van der Waals surface area (Å²) in [5.74, 6) is 1.94. The number of piperidine rings is 1. The lowest BCUT2D eigenvalue weighted by molar-refractivity contribution is 0.208. The summed E-state index contributed by atoms with van der Waals surface area (Å²) < 4.78 is 0. The maximum atomic E-state index is 2.68. The van der Waals surface area contributed by atoms with Gasteiger partial charge in [-0.3, -0.25) is 4.90 Å². The van der Waals surface area contributed by atoms with Crippen molar-refractivity contribution in [1.82, 2.24) is 4.90 Å². The number of hydrogen-bond acceptors (Lipinski definition) is 1.